The number of thiazole rings is 1. The first kappa shape index (κ1) is 20.2. The minimum atomic E-state index is -0.256. The second-order valence-electron chi connectivity index (χ2n) is 7.08. The summed E-state index contributed by atoms with van der Waals surface area (Å²) in [6.07, 6.45) is 3.71. The van der Waals surface area contributed by atoms with Crippen molar-refractivity contribution in [1.82, 2.24) is 25.2 Å². The van der Waals surface area contributed by atoms with Gasteiger partial charge in [0.05, 0.1) is 0 Å². The van der Waals surface area contributed by atoms with Crippen LogP contribution in [-0.2, 0) is 16.1 Å². The normalized spacial score (nSPS) is 16.2. The maximum Gasteiger partial charge on any atom is 0.273 e. The maximum atomic E-state index is 12.7. The molecule has 0 bridgehead atoms. The first-order valence-corrected chi connectivity index (χ1v) is 10.4. The maximum absolute atomic E-state index is 12.7. The number of piperidine rings is 1. The van der Waals surface area contributed by atoms with Crippen LogP contribution in [-0.4, -0.2) is 52.5 Å². The van der Waals surface area contributed by atoms with Crippen molar-refractivity contribution < 1.29 is 9.59 Å². The van der Waals surface area contributed by atoms with Gasteiger partial charge in [-0.05, 0) is 26.2 Å². The molecule has 1 aliphatic rings. The minimum Gasteiger partial charge on any atom is -0.359 e. The quantitative estimate of drug-likeness (QED) is 0.732. The third-order valence-corrected chi connectivity index (χ3v) is 6.18. The predicted octanol–water partition coefficient (Wildman–Crippen LogP) is 0.730. The van der Waals surface area contributed by atoms with Crippen molar-refractivity contribution in [2.24, 2.45) is 5.92 Å². The van der Waals surface area contributed by atoms with Gasteiger partial charge >= 0.3 is 0 Å². The summed E-state index contributed by atoms with van der Waals surface area (Å²) in [5.74, 6) is -0.113. The highest BCUT2D eigenvalue weighted by Gasteiger charge is 2.26. The van der Waals surface area contributed by atoms with Gasteiger partial charge in [0.15, 0.2) is 10.8 Å². The van der Waals surface area contributed by atoms with Crippen LogP contribution < -0.4 is 21.1 Å². The molecular weight excluding hydrogens is 380 g/mol. The molecule has 3 rings (SSSR count). The van der Waals surface area contributed by atoms with Gasteiger partial charge in [-0.2, -0.15) is 4.98 Å². The van der Waals surface area contributed by atoms with E-state index in [-0.39, 0.29) is 35.9 Å². The number of carbonyl (C=O) groups is 2. The molecule has 1 aliphatic heterocycles. The molecule has 0 aromatic carbocycles. The monoisotopic (exact) mass is 406 g/mol. The Morgan fingerprint density at radius 1 is 1.36 bits per heavy atom. The number of fused-ring (bicyclic) bond motifs is 1. The molecule has 2 aromatic rings. The fourth-order valence-corrected chi connectivity index (χ4v) is 4.22. The second-order valence-corrected chi connectivity index (χ2v) is 8.06. The van der Waals surface area contributed by atoms with Crippen molar-refractivity contribution in [3.63, 3.8) is 0 Å². The van der Waals surface area contributed by atoms with Gasteiger partial charge in [0.1, 0.15) is 17.6 Å². The minimum absolute atomic E-state index is 0.0232. The number of nitrogens with zero attached hydrogens (tertiary/aromatic N) is 4. The summed E-state index contributed by atoms with van der Waals surface area (Å²) >= 11 is 1.29. The Balaban J connectivity index is 1.74. The highest BCUT2D eigenvalue weighted by molar-refractivity contribution is 7.22. The Morgan fingerprint density at radius 2 is 2.07 bits per heavy atom. The molecule has 9 nitrogen and oxygen atoms in total. The number of aromatic nitrogens is 3. The van der Waals surface area contributed by atoms with Crippen molar-refractivity contribution in [2.75, 3.05) is 25.0 Å². The fourth-order valence-electron chi connectivity index (χ4n) is 3.20. The second kappa shape index (κ2) is 8.68. The zero-order chi connectivity index (χ0) is 20.3. The third kappa shape index (κ3) is 4.32. The van der Waals surface area contributed by atoms with E-state index in [1.165, 1.54) is 22.2 Å². The van der Waals surface area contributed by atoms with Gasteiger partial charge in [-0.25, -0.2) is 4.98 Å². The van der Waals surface area contributed by atoms with Crippen molar-refractivity contribution in [2.45, 2.75) is 45.7 Å². The molecule has 2 amide bonds. The molecule has 2 aromatic heterocycles. The highest BCUT2D eigenvalue weighted by Crippen LogP contribution is 2.29. The van der Waals surface area contributed by atoms with Crippen molar-refractivity contribution in [3.8, 4) is 0 Å². The molecule has 1 atom stereocenters. The standard InChI is InChI=1S/C18H26N6O3S/c1-4-11(2)21-13(25)9-24-10-20-15-14(17(24)27)28-18(22-15)23-7-5-12(6-8-23)16(26)19-3/h10-12H,4-9H2,1-3H3,(H,19,26)(H,21,25). The van der Waals surface area contributed by atoms with E-state index < -0.39 is 0 Å². The average molecular weight is 407 g/mol. The zero-order valence-electron chi connectivity index (χ0n) is 16.4. The fraction of sp³-hybridized carbons (Fsp3) is 0.611. The lowest BCUT2D eigenvalue weighted by molar-refractivity contribution is -0.125. The number of carbonyl (C=O) groups excluding carboxylic acids is 2. The average Bonchev–Trinajstić information content (AvgIpc) is 3.14. The highest BCUT2D eigenvalue weighted by atomic mass is 32.1. The van der Waals surface area contributed by atoms with Crippen LogP contribution in [0.5, 0.6) is 0 Å². The largest absolute Gasteiger partial charge is 0.359 e. The Labute approximate surface area is 167 Å². The lowest BCUT2D eigenvalue weighted by Crippen LogP contribution is -2.39. The lowest BCUT2D eigenvalue weighted by atomic mass is 9.96. The Kier molecular flexibility index (Phi) is 6.28. The van der Waals surface area contributed by atoms with Crippen LogP contribution in [0.25, 0.3) is 10.3 Å². The number of anilines is 1. The van der Waals surface area contributed by atoms with E-state index in [1.807, 2.05) is 13.8 Å². The van der Waals surface area contributed by atoms with Crippen LogP contribution >= 0.6 is 11.3 Å². The van der Waals surface area contributed by atoms with Crippen LogP contribution in [0.4, 0.5) is 5.13 Å². The molecule has 1 saturated heterocycles. The van der Waals surface area contributed by atoms with Crippen LogP contribution in [0.1, 0.15) is 33.1 Å². The Morgan fingerprint density at radius 3 is 2.71 bits per heavy atom. The number of hydrogen-bond acceptors (Lipinski definition) is 7. The van der Waals surface area contributed by atoms with Gasteiger partial charge in [0.25, 0.3) is 5.56 Å². The first-order chi connectivity index (χ1) is 13.4. The summed E-state index contributed by atoms with van der Waals surface area (Å²) in [7, 11) is 1.65. The SMILES string of the molecule is CCC(C)NC(=O)Cn1cnc2nc(N3CCC(C(=O)NC)CC3)sc2c1=O. The summed E-state index contributed by atoms with van der Waals surface area (Å²) in [6.45, 7) is 5.27. The van der Waals surface area contributed by atoms with E-state index >= 15 is 0 Å². The Hall–Kier alpha value is -2.49. The molecule has 0 aliphatic carbocycles. The molecule has 10 heteroatoms. The lowest BCUT2D eigenvalue weighted by Gasteiger charge is -2.30. The number of rotatable bonds is 6. The number of amides is 2. The number of nitrogens with one attached hydrogen (secondary N) is 2. The van der Waals surface area contributed by atoms with Gasteiger partial charge in [-0.3, -0.25) is 19.0 Å². The van der Waals surface area contributed by atoms with E-state index in [1.54, 1.807) is 7.05 Å². The molecular formula is C18H26N6O3S. The molecule has 152 valence electrons. The van der Waals surface area contributed by atoms with E-state index in [0.29, 0.717) is 23.4 Å². The van der Waals surface area contributed by atoms with Crippen molar-refractivity contribution in [3.05, 3.63) is 16.7 Å². The van der Waals surface area contributed by atoms with Crippen LogP contribution in [0.3, 0.4) is 0 Å². The van der Waals surface area contributed by atoms with Crippen LogP contribution in [0.15, 0.2) is 11.1 Å². The smallest absolute Gasteiger partial charge is 0.273 e. The van der Waals surface area contributed by atoms with Gasteiger partial charge in [-0.1, -0.05) is 18.3 Å². The van der Waals surface area contributed by atoms with E-state index in [9.17, 15) is 14.4 Å². The van der Waals surface area contributed by atoms with Gasteiger partial charge < -0.3 is 15.5 Å². The summed E-state index contributed by atoms with van der Waals surface area (Å²) in [5.41, 5.74) is 0.144. The molecule has 0 spiro atoms. The van der Waals surface area contributed by atoms with Crippen LogP contribution in [0.2, 0.25) is 0 Å². The molecule has 0 saturated carbocycles. The Bertz CT molecular complexity index is 916. The van der Waals surface area contributed by atoms with Crippen LogP contribution in [0, 0.1) is 5.92 Å². The molecule has 28 heavy (non-hydrogen) atoms. The summed E-state index contributed by atoms with van der Waals surface area (Å²) < 4.78 is 1.77. The van der Waals surface area contributed by atoms with E-state index in [4.69, 9.17) is 0 Å². The zero-order valence-corrected chi connectivity index (χ0v) is 17.2. The third-order valence-electron chi connectivity index (χ3n) is 5.09. The van der Waals surface area contributed by atoms with Crippen molar-refractivity contribution in [1.29, 1.82) is 0 Å². The first-order valence-electron chi connectivity index (χ1n) is 9.54. The van der Waals surface area contributed by atoms with Gasteiger partial charge in [-0.15, -0.1) is 0 Å². The summed E-state index contributed by atoms with van der Waals surface area (Å²) in [5, 5.41) is 6.28. The predicted molar refractivity (Wildman–Crippen MR) is 109 cm³/mol. The van der Waals surface area contributed by atoms with E-state index in [2.05, 4.69) is 25.5 Å². The molecule has 0 radical (unpaired) electrons. The summed E-state index contributed by atoms with van der Waals surface area (Å²) in [4.78, 5) is 47.4. The number of hydrogen-bond donors (Lipinski definition) is 2. The van der Waals surface area contributed by atoms with Gasteiger partial charge in [0.2, 0.25) is 11.8 Å². The van der Waals surface area contributed by atoms with Crippen molar-refractivity contribution >= 4 is 38.6 Å². The van der Waals surface area contributed by atoms with E-state index in [0.717, 1.165) is 24.4 Å². The molecule has 1 fully saturated rings. The molecule has 1 unspecified atom stereocenters. The molecule has 2 N–H and O–H groups in total. The summed E-state index contributed by atoms with van der Waals surface area (Å²) in [6, 6.07) is 0.0626. The molecule has 3 heterocycles. The topological polar surface area (TPSA) is 109 Å². The van der Waals surface area contributed by atoms with Gasteiger partial charge in [0, 0.05) is 32.1 Å².